The van der Waals surface area contributed by atoms with E-state index in [4.69, 9.17) is 28.2 Å². The van der Waals surface area contributed by atoms with Gasteiger partial charge in [-0.25, -0.2) is 4.98 Å². The molecule has 0 fully saturated rings. The SMILES string of the molecule is CC1CCc2c(sc3nc(SCc4ccc(Cl)cc4Cl)n(-c4ccccc4)c(=O)c23)C1. The zero-order valence-electron chi connectivity index (χ0n) is 16.9. The van der Waals surface area contributed by atoms with Crippen LogP contribution in [-0.2, 0) is 18.6 Å². The number of thioether (sulfide) groups is 1. The molecule has 158 valence electrons. The Balaban J connectivity index is 1.64. The quantitative estimate of drug-likeness (QED) is 0.226. The third-order valence-corrected chi connectivity index (χ3v) is 8.41. The van der Waals surface area contributed by atoms with Crippen molar-refractivity contribution in [1.82, 2.24) is 9.55 Å². The number of nitrogens with zero attached hydrogens (tertiary/aromatic N) is 2. The van der Waals surface area contributed by atoms with E-state index < -0.39 is 0 Å². The number of hydrogen-bond donors (Lipinski definition) is 0. The number of benzene rings is 2. The van der Waals surface area contributed by atoms with Crippen LogP contribution in [0.4, 0.5) is 0 Å². The van der Waals surface area contributed by atoms with Gasteiger partial charge in [0.1, 0.15) is 4.83 Å². The Morgan fingerprint density at radius 2 is 2.00 bits per heavy atom. The molecule has 0 spiro atoms. The summed E-state index contributed by atoms with van der Waals surface area (Å²) in [6.07, 6.45) is 3.11. The van der Waals surface area contributed by atoms with Crippen molar-refractivity contribution in [2.45, 2.75) is 37.1 Å². The van der Waals surface area contributed by atoms with E-state index in [0.29, 0.717) is 26.9 Å². The van der Waals surface area contributed by atoms with Crippen LogP contribution in [0.5, 0.6) is 0 Å². The van der Waals surface area contributed by atoms with Crippen LogP contribution in [0.2, 0.25) is 10.0 Å². The normalized spacial score (nSPS) is 15.9. The smallest absolute Gasteiger partial charge is 0.267 e. The third kappa shape index (κ3) is 4.05. The molecule has 0 radical (unpaired) electrons. The molecule has 2 heterocycles. The fraction of sp³-hybridized carbons (Fsp3) is 0.250. The summed E-state index contributed by atoms with van der Waals surface area (Å²) >= 11 is 15.6. The van der Waals surface area contributed by atoms with Gasteiger partial charge in [-0.05, 0) is 60.6 Å². The Morgan fingerprint density at radius 1 is 1.19 bits per heavy atom. The molecule has 2 aromatic heterocycles. The minimum atomic E-state index is 0.0213. The van der Waals surface area contributed by atoms with Crippen LogP contribution in [0.3, 0.4) is 0 Å². The van der Waals surface area contributed by atoms with Crippen molar-refractivity contribution in [3.8, 4) is 5.69 Å². The Labute approximate surface area is 199 Å². The fourth-order valence-corrected chi connectivity index (χ4v) is 7.05. The molecule has 0 bridgehead atoms. The van der Waals surface area contributed by atoms with Gasteiger partial charge in [0.25, 0.3) is 5.56 Å². The Morgan fingerprint density at radius 3 is 2.77 bits per heavy atom. The predicted octanol–water partition coefficient (Wildman–Crippen LogP) is 7.17. The van der Waals surface area contributed by atoms with Gasteiger partial charge in [-0.2, -0.15) is 0 Å². The molecule has 2 aromatic carbocycles. The van der Waals surface area contributed by atoms with Crippen LogP contribution >= 0.6 is 46.3 Å². The first-order valence-corrected chi connectivity index (χ1v) is 12.8. The van der Waals surface area contributed by atoms with Crippen LogP contribution in [0.1, 0.15) is 29.3 Å². The van der Waals surface area contributed by atoms with E-state index >= 15 is 0 Å². The Kier molecular flexibility index (Phi) is 5.86. The molecule has 0 saturated carbocycles. The molecule has 1 aliphatic carbocycles. The molecule has 0 saturated heterocycles. The Bertz CT molecular complexity index is 1330. The molecule has 4 aromatic rings. The van der Waals surface area contributed by atoms with Crippen LogP contribution in [0.25, 0.3) is 15.9 Å². The van der Waals surface area contributed by atoms with Crippen LogP contribution < -0.4 is 5.56 Å². The number of thiophene rings is 1. The summed E-state index contributed by atoms with van der Waals surface area (Å²) in [5.41, 5.74) is 3.02. The number of rotatable bonds is 4. The maximum absolute atomic E-state index is 13.8. The van der Waals surface area contributed by atoms with Crippen molar-refractivity contribution in [3.63, 3.8) is 0 Å². The van der Waals surface area contributed by atoms with Crippen molar-refractivity contribution in [2.75, 3.05) is 0 Å². The number of fused-ring (bicyclic) bond motifs is 3. The lowest BCUT2D eigenvalue weighted by Crippen LogP contribution is -2.22. The summed E-state index contributed by atoms with van der Waals surface area (Å²) in [6, 6.07) is 15.3. The van der Waals surface area contributed by atoms with Gasteiger partial charge < -0.3 is 0 Å². The third-order valence-electron chi connectivity index (χ3n) is 5.68. The van der Waals surface area contributed by atoms with E-state index in [2.05, 4.69) is 6.92 Å². The highest BCUT2D eigenvalue weighted by atomic mass is 35.5. The molecule has 0 aliphatic heterocycles. The second-order valence-corrected chi connectivity index (χ2v) is 10.8. The summed E-state index contributed by atoms with van der Waals surface area (Å²) in [7, 11) is 0. The predicted molar refractivity (Wildman–Crippen MR) is 132 cm³/mol. The van der Waals surface area contributed by atoms with Gasteiger partial charge in [-0.1, -0.05) is 66.2 Å². The van der Waals surface area contributed by atoms with E-state index in [-0.39, 0.29) is 5.56 Å². The first-order chi connectivity index (χ1) is 15.0. The molecule has 7 heteroatoms. The maximum Gasteiger partial charge on any atom is 0.267 e. The van der Waals surface area contributed by atoms with E-state index in [1.807, 2.05) is 42.5 Å². The maximum atomic E-state index is 13.8. The highest BCUT2D eigenvalue weighted by Crippen LogP contribution is 2.37. The molecule has 31 heavy (non-hydrogen) atoms. The van der Waals surface area contributed by atoms with Crippen LogP contribution in [0.15, 0.2) is 58.5 Å². The van der Waals surface area contributed by atoms with E-state index in [9.17, 15) is 4.79 Å². The van der Waals surface area contributed by atoms with Gasteiger partial charge in [0.05, 0.1) is 11.1 Å². The van der Waals surface area contributed by atoms with E-state index in [1.54, 1.807) is 22.0 Å². The summed E-state index contributed by atoms with van der Waals surface area (Å²) in [4.78, 5) is 20.9. The van der Waals surface area contributed by atoms with Crippen molar-refractivity contribution in [1.29, 1.82) is 0 Å². The molecule has 0 amide bonds. The second-order valence-electron chi connectivity index (χ2n) is 7.93. The molecule has 1 unspecified atom stereocenters. The van der Waals surface area contributed by atoms with Crippen LogP contribution in [0, 0.1) is 5.92 Å². The summed E-state index contributed by atoms with van der Waals surface area (Å²) < 4.78 is 1.75. The molecule has 3 nitrogen and oxygen atoms in total. The highest BCUT2D eigenvalue weighted by Gasteiger charge is 2.25. The molecule has 1 atom stereocenters. The van der Waals surface area contributed by atoms with Crippen molar-refractivity contribution in [2.24, 2.45) is 5.92 Å². The molecule has 0 N–H and O–H groups in total. The summed E-state index contributed by atoms with van der Waals surface area (Å²) in [6.45, 7) is 2.28. The minimum absolute atomic E-state index is 0.0213. The first-order valence-electron chi connectivity index (χ1n) is 10.2. The van der Waals surface area contributed by atoms with Gasteiger partial charge in [0.15, 0.2) is 5.16 Å². The average Bonchev–Trinajstić information content (AvgIpc) is 3.11. The number of aromatic nitrogens is 2. The monoisotopic (exact) mass is 486 g/mol. The first kappa shape index (κ1) is 21.1. The van der Waals surface area contributed by atoms with Crippen LogP contribution in [-0.4, -0.2) is 9.55 Å². The topological polar surface area (TPSA) is 34.9 Å². The van der Waals surface area contributed by atoms with Crippen molar-refractivity contribution < 1.29 is 0 Å². The lowest BCUT2D eigenvalue weighted by Gasteiger charge is -2.18. The van der Waals surface area contributed by atoms with Gasteiger partial charge in [0.2, 0.25) is 0 Å². The zero-order valence-corrected chi connectivity index (χ0v) is 20.0. The largest absolute Gasteiger partial charge is 0.268 e. The molecular weight excluding hydrogens is 467 g/mol. The summed E-state index contributed by atoms with van der Waals surface area (Å²) in [5.74, 6) is 1.25. The lowest BCUT2D eigenvalue weighted by molar-refractivity contribution is 0.509. The summed E-state index contributed by atoms with van der Waals surface area (Å²) in [5, 5.41) is 2.71. The average molecular weight is 487 g/mol. The number of aryl methyl sites for hydroxylation is 1. The standard InChI is InChI=1S/C24H20Cl2N2OS2/c1-14-7-10-18-20(11-14)31-22-21(18)23(29)28(17-5-3-2-4-6-17)24(27-22)30-13-15-8-9-16(25)12-19(15)26/h2-6,8-9,12,14H,7,10-11,13H2,1H3. The minimum Gasteiger partial charge on any atom is -0.268 e. The van der Waals surface area contributed by atoms with Gasteiger partial charge in [-0.15, -0.1) is 11.3 Å². The highest BCUT2D eigenvalue weighted by molar-refractivity contribution is 7.98. The van der Waals surface area contributed by atoms with Crippen molar-refractivity contribution in [3.05, 3.63) is 84.9 Å². The second kappa shape index (κ2) is 8.62. The zero-order chi connectivity index (χ0) is 21.5. The van der Waals surface area contributed by atoms with Gasteiger partial charge in [0, 0.05) is 20.7 Å². The fourth-order valence-electron chi connectivity index (χ4n) is 4.05. The molecule has 5 rings (SSSR count). The molecule has 1 aliphatic rings. The molecular formula is C24H20Cl2N2OS2. The lowest BCUT2D eigenvalue weighted by atomic mass is 9.89. The number of hydrogen-bond acceptors (Lipinski definition) is 4. The van der Waals surface area contributed by atoms with E-state index in [0.717, 1.165) is 40.7 Å². The van der Waals surface area contributed by atoms with Gasteiger partial charge >= 0.3 is 0 Å². The number of halogens is 2. The van der Waals surface area contributed by atoms with E-state index in [1.165, 1.54) is 22.2 Å². The van der Waals surface area contributed by atoms with Crippen molar-refractivity contribution >= 4 is 56.5 Å². The Hall–Kier alpha value is -1.79. The van der Waals surface area contributed by atoms with Gasteiger partial charge in [-0.3, -0.25) is 9.36 Å². The number of para-hydroxylation sites is 1.